The molecule has 0 saturated carbocycles. The van der Waals surface area contributed by atoms with Gasteiger partial charge in [-0.25, -0.2) is 29.3 Å². The predicted molar refractivity (Wildman–Crippen MR) is 402 cm³/mol. The molecule has 10 rings (SSSR count). The van der Waals surface area contributed by atoms with Crippen LogP contribution in [0.5, 0.6) is 5.75 Å². The van der Waals surface area contributed by atoms with Crippen molar-refractivity contribution in [3.63, 3.8) is 0 Å². The molecule has 0 aliphatic carbocycles. The second kappa shape index (κ2) is 48.3. The van der Waals surface area contributed by atoms with Crippen molar-refractivity contribution in [1.29, 1.82) is 0 Å². The van der Waals surface area contributed by atoms with Gasteiger partial charge in [-0.3, -0.25) is 38.9 Å². The van der Waals surface area contributed by atoms with Crippen molar-refractivity contribution >= 4 is 171 Å². The lowest BCUT2D eigenvalue weighted by Gasteiger charge is -2.06. The molecule has 1 unspecified atom stereocenters. The number of non-ortho nitro benzene ring substituents is 1. The number of rotatable bonds is 16. The van der Waals surface area contributed by atoms with Crippen LogP contribution in [0, 0.1) is 10.1 Å². The maximum atomic E-state index is 11.8. The average molecular weight is 1880 g/mol. The van der Waals surface area contributed by atoms with Gasteiger partial charge in [-0.15, -0.1) is 0 Å². The zero-order valence-corrected chi connectivity index (χ0v) is 66.3. The Balaban J connectivity index is 0.000000323. The van der Waals surface area contributed by atoms with Crippen LogP contribution in [0.15, 0.2) is 229 Å². The maximum absolute atomic E-state index is 11.8. The lowest BCUT2D eigenvalue weighted by molar-refractivity contribution is -0.384. The van der Waals surface area contributed by atoms with E-state index in [1.54, 1.807) is 67.6 Å². The number of esters is 3. The van der Waals surface area contributed by atoms with E-state index in [4.69, 9.17) is 32.6 Å². The largest absolute Gasteiger partial charge is 0.514 e. The number of Topliss-reactive ketones (excluding diaryl/α,β-unsaturated/α-hetero) is 3. The van der Waals surface area contributed by atoms with Crippen molar-refractivity contribution in [2.75, 3.05) is 35.5 Å². The van der Waals surface area contributed by atoms with Gasteiger partial charge in [0.1, 0.15) is 35.9 Å². The smallest absolute Gasteiger partial charge is 0.469 e. The number of ketones is 3. The lowest BCUT2D eigenvalue weighted by atomic mass is 10.1. The van der Waals surface area contributed by atoms with Gasteiger partial charge in [0.25, 0.3) is 5.69 Å². The molecule has 34 heteroatoms. The van der Waals surface area contributed by atoms with Crippen molar-refractivity contribution in [2.45, 2.75) is 31.4 Å². The Kier molecular flexibility index (Phi) is 41.1. The molecular weight excluding hydrogens is 1820 g/mol. The molecule has 3 aromatic heterocycles. The summed E-state index contributed by atoms with van der Waals surface area (Å²) < 4.78 is 52.5. The Morgan fingerprint density at radius 3 is 1.29 bits per heavy atom. The number of ether oxygens (including phenoxy) is 7. The van der Waals surface area contributed by atoms with Gasteiger partial charge in [0.05, 0.1) is 40.5 Å². The third-order valence-corrected chi connectivity index (χ3v) is 16.3. The molecule has 10 aromatic rings. The number of nitrogens with two attached hydrogens (primary N) is 1. The Labute approximate surface area is 652 Å². The van der Waals surface area contributed by atoms with Crippen molar-refractivity contribution in [3.05, 3.63) is 260 Å². The van der Waals surface area contributed by atoms with Crippen LogP contribution in [-0.2, 0) is 56.0 Å². The van der Waals surface area contributed by atoms with E-state index in [9.17, 15) is 48.5 Å². The number of nitro benzene ring substituents is 1. The van der Waals surface area contributed by atoms with Gasteiger partial charge in [0, 0.05) is 72.3 Å². The Hall–Kier alpha value is -9.68. The van der Waals surface area contributed by atoms with E-state index in [2.05, 4.69) is 156 Å². The molecule has 0 aliphatic heterocycles. The third kappa shape index (κ3) is 31.9. The fourth-order valence-corrected chi connectivity index (χ4v) is 9.34. The fraction of sp³-hybridized carbons (Fsp3) is 0.143. The molecule has 104 heavy (non-hydrogen) atoms. The lowest BCUT2D eigenvalue weighted by Crippen LogP contribution is -2.25. The minimum atomic E-state index is -0.961. The number of primary amides is 1. The summed E-state index contributed by atoms with van der Waals surface area (Å²) >= 11 is 22.8. The van der Waals surface area contributed by atoms with Gasteiger partial charge < -0.3 is 57.2 Å². The molecule has 0 spiro atoms. The monoisotopic (exact) mass is 1870 g/mol. The zero-order valence-electron chi connectivity index (χ0n) is 55.2. The molecule has 3 N–H and O–H groups in total. The number of halogens is 7. The summed E-state index contributed by atoms with van der Waals surface area (Å²) in [6.45, 7) is 1.26. The number of benzene rings is 7. The van der Waals surface area contributed by atoms with E-state index in [0.717, 1.165) is 49.1 Å². The number of amides is 1. The van der Waals surface area contributed by atoms with E-state index >= 15 is 0 Å². The van der Waals surface area contributed by atoms with Gasteiger partial charge in [-0.05, 0) is 91.9 Å². The number of hydrogen-bond acceptors (Lipinski definition) is 25. The predicted octanol–water partition coefficient (Wildman–Crippen LogP) is 17.1. The number of carbonyl (C=O) groups is 9. The van der Waals surface area contributed by atoms with Crippen LogP contribution in [0.4, 0.5) is 15.3 Å². The van der Waals surface area contributed by atoms with Gasteiger partial charge in [0.2, 0.25) is 12.2 Å². The van der Waals surface area contributed by atoms with Crippen molar-refractivity contribution in [3.8, 4) is 39.5 Å². The Morgan fingerprint density at radius 2 is 0.904 bits per heavy atom. The maximum Gasteiger partial charge on any atom is 0.514 e. The van der Waals surface area contributed by atoms with Crippen LogP contribution < -0.4 is 10.5 Å². The molecule has 7 aromatic carbocycles. The molecule has 1 amide bonds. The summed E-state index contributed by atoms with van der Waals surface area (Å²) in [5, 5.41) is 19.6. The molecule has 0 bridgehead atoms. The number of nitrogens with zero attached hydrogens (tertiary/aromatic N) is 4. The first kappa shape index (κ1) is 88.5. The molecular formula is C70H60Br7N5O22. The summed E-state index contributed by atoms with van der Waals surface area (Å²) in [5.41, 5.74) is 10.1. The quantitative estimate of drug-likeness (QED) is 0.0104. The number of carbonyl (C=O) groups excluding carboxylic acids is 9. The van der Waals surface area contributed by atoms with Crippen LogP contribution in [0.2, 0.25) is 0 Å². The second-order valence-corrected chi connectivity index (χ2v) is 25.5. The molecule has 546 valence electrons. The number of aliphatic hydroxyl groups is 1. The van der Waals surface area contributed by atoms with E-state index in [1.165, 1.54) is 79.0 Å². The highest BCUT2D eigenvalue weighted by atomic mass is 79.9. The van der Waals surface area contributed by atoms with Crippen LogP contribution in [-0.4, -0.2) is 119 Å². The summed E-state index contributed by atoms with van der Waals surface area (Å²) in [4.78, 5) is 118. The number of oxazole rings is 3. The number of methoxy groups -OCH3 is 5. The van der Waals surface area contributed by atoms with Gasteiger partial charge in [-0.2, -0.15) is 0 Å². The van der Waals surface area contributed by atoms with Crippen LogP contribution >= 0.6 is 112 Å². The van der Waals surface area contributed by atoms with E-state index in [1.807, 2.05) is 84.9 Å². The van der Waals surface area contributed by atoms with Crippen LogP contribution in [0.25, 0.3) is 33.8 Å². The molecule has 3 heterocycles. The Bertz CT molecular complexity index is 4360. The molecule has 0 fully saturated rings. The molecule has 1 atom stereocenters. The fourth-order valence-electron chi connectivity index (χ4n) is 7.31. The summed E-state index contributed by atoms with van der Waals surface area (Å²) in [6, 6.07) is 48.5. The third-order valence-electron chi connectivity index (χ3n) is 12.3. The summed E-state index contributed by atoms with van der Waals surface area (Å²) in [5.74, 6) is -0.973. The number of aliphatic hydroxyl groups excluding tert-OH is 1. The number of aromatic nitrogens is 3. The highest BCUT2D eigenvalue weighted by Gasteiger charge is 2.25. The standard InChI is InChI=1S/C17H11BrN2O6.C11H8BrNO3.C10H8Br2O3.C10H8BrNO2.C10H9BrO3.C8H7BrO.C3H6O3.CH3NO/c18-12-3-1-11(2-4-12)16-15(25-10-19-16)9-24-17(21)26-14-7-5-13(6-8-14)20(22)23;1-15-11(14)10-9(13-6-16-10)7-2-4-8(12)5-3-7;1-15-10(14)8(12)9(13)6-2-4-7(11)5-3-6;11-8-3-1-7(2-4-8)10-9(5-13)14-6-12-10;1-14-10(13)6-9(12)7-2-4-8(11)5-3-7;1-6(10)7-2-4-8(9)5-3-7;1-5-3(4)6-2;2-1-3/h1-8,10H,9H2;2-6H,1H3;2-5,8H,1H3;1-4,6,13H,5H2;2-5H,6H2,1H3;2-5H,1H3;1-2H3;1H,(H2,2,3). The normalized spacial score (nSPS) is 9.98. The first-order chi connectivity index (χ1) is 49.7. The highest BCUT2D eigenvalue weighted by Crippen LogP contribution is 2.28. The first-order valence-electron chi connectivity index (χ1n) is 28.9. The Morgan fingerprint density at radius 1 is 0.519 bits per heavy atom. The second-order valence-electron chi connectivity index (χ2n) is 19.1. The molecule has 0 radical (unpaired) electrons. The van der Waals surface area contributed by atoms with Crippen molar-refractivity contribution in [2.24, 2.45) is 5.73 Å². The number of nitro groups is 1. The SMILES string of the molecule is CC(=O)c1ccc(Br)cc1.COC(=O)C(Br)C(=O)c1ccc(Br)cc1.COC(=O)CC(=O)c1ccc(Br)cc1.COC(=O)OC.COC(=O)c1ocnc1-c1ccc(Br)cc1.NC=O.O=C(OCc1ocnc1-c1ccc(Br)cc1)Oc1ccc([N+](=O)[O-])cc1.OCc1ocnc1-c1ccc(Br)cc1. The minimum Gasteiger partial charge on any atom is -0.469 e. The van der Waals surface area contributed by atoms with E-state index in [-0.39, 0.29) is 60.6 Å². The molecule has 0 saturated heterocycles. The summed E-state index contributed by atoms with van der Waals surface area (Å²) in [7, 11) is 6.32. The minimum absolute atomic E-state index is 0.104. The van der Waals surface area contributed by atoms with Gasteiger partial charge >= 0.3 is 30.2 Å². The van der Waals surface area contributed by atoms with Gasteiger partial charge in [0.15, 0.2) is 59.5 Å². The van der Waals surface area contributed by atoms with E-state index in [0.29, 0.717) is 39.7 Å². The van der Waals surface area contributed by atoms with E-state index < -0.39 is 40.0 Å². The van der Waals surface area contributed by atoms with Crippen LogP contribution in [0.1, 0.15) is 66.5 Å². The number of alkyl halides is 1. The average Bonchev–Trinajstić information content (AvgIpc) is 1.55. The zero-order chi connectivity index (χ0) is 77.3. The molecule has 0 aliphatic rings. The first-order valence-corrected chi connectivity index (χ1v) is 34.6. The summed E-state index contributed by atoms with van der Waals surface area (Å²) in [6.07, 6.45) is 2.25. The number of hydrogen-bond donors (Lipinski definition) is 2. The molecule has 27 nitrogen and oxygen atoms in total. The topological polar surface area (TPSA) is 386 Å². The highest BCUT2D eigenvalue weighted by molar-refractivity contribution is 9.11. The van der Waals surface area contributed by atoms with Crippen molar-refractivity contribution < 1.29 is 99.6 Å². The van der Waals surface area contributed by atoms with Gasteiger partial charge in [-0.1, -0.05) is 184 Å². The van der Waals surface area contributed by atoms with Crippen molar-refractivity contribution in [1.82, 2.24) is 15.0 Å². The van der Waals surface area contributed by atoms with Crippen LogP contribution in [0.3, 0.4) is 0 Å².